The molecule has 0 spiro atoms. The fourth-order valence-electron chi connectivity index (χ4n) is 4.75. The Balaban J connectivity index is 1.51. The highest BCUT2D eigenvalue weighted by Crippen LogP contribution is 2.28. The summed E-state index contributed by atoms with van der Waals surface area (Å²) in [6.45, 7) is 9.81. The highest BCUT2D eigenvalue weighted by molar-refractivity contribution is 7.92. The molecular formula is C30H37N3O3S. The summed E-state index contributed by atoms with van der Waals surface area (Å²) >= 11 is 0. The summed E-state index contributed by atoms with van der Waals surface area (Å²) in [7, 11) is -3.94. The van der Waals surface area contributed by atoms with Gasteiger partial charge in [-0.15, -0.1) is 0 Å². The lowest BCUT2D eigenvalue weighted by atomic mass is 9.98. The van der Waals surface area contributed by atoms with E-state index in [1.165, 1.54) is 22.8 Å². The molecule has 1 N–H and O–H groups in total. The number of sulfonamides is 1. The molecule has 6 nitrogen and oxygen atoms in total. The van der Waals surface area contributed by atoms with Gasteiger partial charge in [0.2, 0.25) is 5.91 Å². The van der Waals surface area contributed by atoms with Crippen LogP contribution in [0.25, 0.3) is 0 Å². The number of anilines is 2. The summed E-state index contributed by atoms with van der Waals surface area (Å²) in [5, 5.41) is 3.00. The molecule has 1 atom stereocenters. The minimum absolute atomic E-state index is 0.152. The lowest BCUT2D eigenvalue weighted by Gasteiger charge is -2.32. The predicted molar refractivity (Wildman–Crippen MR) is 151 cm³/mol. The maximum Gasteiger partial charge on any atom is 0.264 e. The smallest absolute Gasteiger partial charge is 0.264 e. The number of nitrogens with zero attached hydrogens (tertiary/aromatic N) is 2. The van der Waals surface area contributed by atoms with E-state index in [2.05, 4.69) is 29.3 Å². The third-order valence-corrected chi connectivity index (χ3v) is 8.95. The van der Waals surface area contributed by atoms with Gasteiger partial charge in [0.1, 0.15) is 6.54 Å². The number of hydrogen-bond donors (Lipinski definition) is 1. The Labute approximate surface area is 221 Å². The second kappa shape index (κ2) is 11.4. The number of hydrogen-bond acceptors (Lipinski definition) is 4. The molecule has 1 fully saturated rings. The fraction of sp³-hybridized carbons (Fsp3) is 0.367. The second-order valence-corrected chi connectivity index (χ2v) is 12.0. The molecule has 1 unspecified atom stereocenters. The van der Waals surface area contributed by atoms with E-state index in [1.54, 1.807) is 30.3 Å². The molecule has 3 aromatic rings. The van der Waals surface area contributed by atoms with Gasteiger partial charge in [-0.25, -0.2) is 8.42 Å². The largest absolute Gasteiger partial charge is 0.372 e. The molecule has 1 saturated heterocycles. The lowest BCUT2D eigenvalue weighted by Crippen LogP contribution is -2.42. The Morgan fingerprint density at radius 3 is 2.30 bits per heavy atom. The number of benzene rings is 3. The van der Waals surface area contributed by atoms with Gasteiger partial charge in [0.15, 0.2) is 0 Å². The van der Waals surface area contributed by atoms with Crippen molar-refractivity contribution in [3.8, 4) is 0 Å². The summed E-state index contributed by atoms with van der Waals surface area (Å²) in [6, 6.07) is 21.9. The van der Waals surface area contributed by atoms with Crippen LogP contribution in [0.5, 0.6) is 0 Å². The van der Waals surface area contributed by atoms with Gasteiger partial charge in [0.25, 0.3) is 10.0 Å². The van der Waals surface area contributed by atoms with Gasteiger partial charge < -0.3 is 10.2 Å². The maximum absolute atomic E-state index is 13.6. The van der Waals surface area contributed by atoms with Crippen LogP contribution in [0.15, 0.2) is 77.7 Å². The molecule has 196 valence electrons. The van der Waals surface area contributed by atoms with Crippen molar-refractivity contribution >= 4 is 27.3 Å². The molecule has 0 aliphatic carbocycles. The van der Waals surface area contributed by atoms with Crippen LogP contribution in [0.3, 0.4) is 0 Å². The number of carbonyl (C=O) groups excluding carboxylic acids is 1. The average Bonchev–Trinajstić information content (AvgIpc) is 2.90. The van der Waals surface area contributed by atoms with E-state index in [0.29, 0.717) is 5.69 Å². The highest BCUT2D eigenvalue weighted by atomic mass is 32.2. The Kier molecular flexibility index (Phi) is 8.22. The number of rotatable bonds is 8. The van der Waals surface area contributed by atoms with Gasteiger partial charge in [-0.3, -0.25) is 9.10 Å². The summed E-state index contributed by atoms with van der Waals surface area (Å²) in [5.74, 6) is 0.418. The van der Waals surface area contributed by atoms with E-state index < -0.39 is 10.0 Å². The Morgan fingerprint density at radius 2 is 1.65 bits per heavy atom. The van der Waals surface area contributed by atoms with Gasteiger partial charge in [-0.2, -0.15) is 0 Å². The van der Waals surface area contributed by atoms with Crippen LogP contribution in [-0.4, -0.2) is 34.0 Å². The molecule has 1 aliphatic rings. The minimum Gasteiger partial charge on any atom is -0.372 e. The molecule has 1 heterocycles. The molecule has 0 bridgehead atoms. The van der Waals surface area contributed by atoms with Gasteiger partial charge in [-0.1, -0.05) is 49.4 Å². The molecule has 3 aromatic carbocycles. The zero-order chi connectivity index (χ0) is 26.6. The van der Waals surface area contributed by atoms with Gasteiger partial charge in [0, 0.05) is 18.8 Å². The summed E-state index contributed by atoms with van der Waals surface area (Å²) in [5.41, 5.74) is 4.39. The zero-order valence-corrected chi connectivity index (χ0v) is 23.0. The molecule has 1 aliphatic heterocycles. The van der Waals surface area contributed by atoms with Crippen molar-refractivity contribution in [2.75, 3.05) is 28.8 Å². The predicted octanol–water partition coefficient (Wildman–Crippen LogP) is 5.61. The van der Waals surface area contributed by atoms with E-state index in [0.717, 1.165) is 35.7 Å². The van der Waals surface area contributed by atoms with Crippen LogP contribution in [0.2, 0.25) is 0 Å². The third kappa shape index (κ3) is 6.34. The maximum atomic E-state index is 13.6. The molecule has 7 heteroatoms. The summed E-state index contributed by atoms with van der Waals surface area (Å²) in [6.07, 6.45) is 2.41. The topological polar surface area (TPSA) is 69.7 Å². The van der Waals surface area contributed by atoms with Gasteiger partial charge in [-0.05, 0) is 86.6 Å². The summed E-state index contributed by atoms with van der Waals surface area (Å²) < 4.78 is 28.5. The van der Waals surface area contributed by atoms with E-state index >= 15 is 0 Å². The quantitative estimate of drug-likeness (QED) is 0.420. The van der Waals surface area contributed by atoms with Crippen LogP contribution < -0.4 is 14.5 Å². The van der Waals surface area contributed by atoms with E-state index in [1.807, 2.05) is 51.1 Å². The van der Waals surface area contributed by atoms with Gasteiger partial charge in [0.05, 0.1) is 16.6 Å². The van der Waals surface area contributed by atoms with E-state index in [4.69, 9.17) is 0 Å². The monoisotopic (exact) mass is 519 g/mol. The van der Waals surface area contributed by atoms with Crippen LogP contribution >= 0.6 is 0 Å². The van der Waals surface area contributed by atoms with Crippen molar-refractivity contribution in [3.05, 3.63) is 89.5 Å². The van der Waals surface area contributed by atoms with E-state index in [9.17, 15) is 13.2 Å². The van der Waals surface area contributed by atoms with Crippen LogP contribution in [0.4, 0.5) is 11.4 Å². The van der Waals surface area contributed by atoms with Crippen LogP contribution in [0, 0.1) is 19.8 Å². The number of piperidine rings is 1. The number of aryl methyl sites for hydroxylation is 2. The Hall–Kier alpha value is -3.32. The first-order chi connectivity index (χ1) is 17.6. The molecule has 0 aromatic heterocycles. The molecule has 0 saturated carbocycles. The van der Waals surface area contributed by atoms with Crippen LogP contribution in [0.1, 0.15) is 49.4 Å². The number of carbonyl (C=O) groups is 1. The second-order valence-electron chi connectivity index (χ2n) is 10.2. The normalized spacial score (nSPS) is 15.3. The summed E-state index contributed by atoms with van der Waals surface area (Å²) in [4.78, 5) is 15.8. The molecule has 37 heavy (non-hydrogen) atoms. The molecule has 0 radical (unpaired) electrons. The Bertz CT molecular complexity index is 1320. The zero-order valence-electron chi connectivity index (χ0n) is 22.1. The average molecular weight is 520 g/mol. The fourth-order valence-corrected chi connectivity index (χ4v) is 6.25. The first kappa shape index (κ1) is 26.7. The number of amides is 1. The van der Waals surface area contributed by atoms with Crippen molar-refractivity contribution in [2.24, 2.45) is 5.92 Å². The highest BCUT2D eigenvalue weighted by Gasteiger charge is 2.29. The Morgan fingerprint density at radius 1 is 1.00 bits per heavy atom. The minimum atomic E-state index is -3.94. The third-order valence-electron chi connectivity index (χ3n) is 7.17. The number of nitrogens with one attached hydrogen (secondary N) is 1. The van der Waals surface area contributed by atoms with Crippen molar-refractivity contribution in [2.45, 2.75) is 51.5 Å². The molecular weight excluding hydrogens is 482 g/mol. The van der Waals surface area contributed by atoms with Crippen molar-refractivity contribution in [1.82, 2.24) is 5.32 Å². The standard InChI is InChI=1S/C30H37N3O3S/c1-22-16-18-32(19-17-22)27-14-12-26(13-15-27)25(4)31-30(34)21-33(29-20-23(2)10-11-24(29)3)37(35,36)28-8-6-5-7-9-28/h5-15,20,22,25H,16-19,21H2,1-4H3,(H,31,34). The van der Waals surface area contributed by atoms with Crippen molar-refractivity contribution in [1.29, 1.82) is 0 Å². The SMILES string of the molecule is Cc1ccc(C)c(N(CC(=O)NC(C)c2ccc(N3CCC(C)CC3)cc2)S(=O)(=O)c2ccccc2)c1. The van der Waals surface area contributed by atoms with Crippen molar-refractivity contribution in [3.63, 3.8) is 0 Å². The molecule has 1 amide bonds. The first-order valence-electron chi connectivity index (χ1n) is 12.9. The molecule has 4 rings (SSSR count). The first-order valence-corrected chi connectivity index (χ1v) is 14.4. The van der Waals surface area contributed by atoms with Gasteiger partial charge >= 0.3 is 0 Å². The van der Waals surface area contributed by atoms with Crippen molar-refractivity contribution < 1.29 is 13.2 Å². The van der Waals surface area contributed by atoms with E-state index in [-0.39, 0.29) is 23.4 Å². The lowest BCUT2D eigenvalue weighted by molar-refractivity contribution is -0.120. The van der Waals surface area contributed by atoms with Crippen LogP contribution in [-0.2, 0) is 14.8 Å².